The highest BCUT2D eigenvalue weighted by molar-refractivity contribution is 7.89. The third kappa shape index (κ3) is 2.82. The second kappa shape index (κ2) is 5.35. The summed E-state index contributed by atoms with van der Waals surface area (Å²) in [6.45, 7) is 6.35. The predicted octanol–water partition coefficient (Wildman–Crippen LogP) is 1.87. The first kappa shape index (κ1) is 15.3. The lowest BCUT2D eigenvalue weighted by atomic mass is 10.1. The fourth-order valence-corrected chi connectivity index (χ4v) is 4.31. The molecule has 0 heterocycles. The van der Waals surface area contributed by atoms with Gasteiger partial charge in [0.2, 0.25) is 10.0 Å². The molecule has 2 unspecified atom stereocenters. The van der Waals surface area contributed by atoms with Crippen molar-refractivity contribution >= 4 is 15.7 Å². The van der Waals surface area contributed by atoms with Crippen LogP contribution in [0.15, 0.2) is 17.0 Å². The van der Waals surface area contributed by atoms with E-state index in [1.54, 1.807) is 33.0 Å². The molecule has 1 fully saturated rings. The van der Waals surface area contributed by atoms with Crippen LogP contribution >= 0.6 is 0 Å². The summed E-state index contributed by atoms with van der Waals surface area (Å²) >= 11 is 0. The standard InChI is InChI=1S/C14H23N3O2S/c1-9-5-12(9)8-17(4)20(18,19)14-10(2)6-13(16-15)7-11(14)3/h6-7,9,12,16H,5,8,15H2,1-4H3. The zero-order chi connectivity index (χ0) is 15.1. The lowest BCUT2D eigenvalue weighted by Gasteiger charge is -2.20. The molecule has 2 atom stereocenters. The molecule has 112 valence electrons. The summed E-state index contributed by atoms with van der Waals surface area (Å²) in [5, 5.41) is 0. The Labute approximate surface area is 121 Å². The van der Waals surface area contributed by atoms with Gasteiger partial charge in [0.15, 0.2) is 0 Å². The average Bonchev–Trinajstić information content (AvgIpc) is 3.03. The Morgan fingerprint density at radius 1 is 1.35 bits per heavy atom. The van der Waals surface area contributed by atoms with Gasteiger partial charge in [-0.05, 0) is 55.4 Å². The average molecular weight is 297 g/mol. The Kier molecular flexibility index (Phi) is 4.09. The smallest absolute Gasteiger partial charge is 0.243 e. The van der Waals surface area contributed by atoms with Gasteiger partial charge >= 0.3 is 0 Å². The van der Waals surface area contributed by atoms with Crippen LogP contribution in [0.5, 0.6) is 0 Å². The fraction of sp³-hybridized carbons (Fsp3) is 0.571. The number of benzene rings is 1. The molecule has 1 aliphatic carbocycles. The summed E-state index contributed by atoms with van der Waals surface area (Å²) < 4.78 is 26.9. The van der Waals surface area contributed by atoms with Crippen molar-refractivity contribution in [2.45, 2.75) is 32.1 Å². The number of aryl methyl sites for hydroxylation is 2. The molecule has 20 heavy (non-hydrogen) atoms. The first-order chi connectivity index (χ1) is 9.27. The molecule has 0 radical (unpaired) electrons. The van der Waals surface area contributed by atoms with Crippen LogP contribution in [0.2, 0.25) is 0 Å². The van der Waals surface area contributed by atoms with E-state index >= 15 is 0 Å². The van der Waals surface area contributed by atoms with Gasteiger partial charge in [0, 0.05) is 19.3 Å². The van der Waals surface area contributed by atoms with Crippen molar-refractivity contribution in [3.05, 3.63) is 23.3 Å². The molecule has 5 nitrogen and oxygen atoms in total. The summed E-state index contributed by atoms with van der Waals surface area (Å²) in [5.74, 6) is 6.52. The largest absolute Gasteiger partial charge is 0.324 e. The predicted molar refractivity (Wildman–Crippen MR) is 80.8 cm³/mol. The Morgan fingerprint density at radius 2 is 1.85 bits per heavy atom. The monoisotopic (exact) mass is 297 g/mol. The Balaban J connectivity index is 2.33. The van der Waals surface area contributed by atoms with Crippen LogP contribution in [0.3, 0.4) is 0 Å². The number of hydrazine groups is 1. The van der Waals surface area contributed by atoms with Crippen molar-refractivity contribution in [2.75, 3.05) is 19.0 Å². The number of nitrogen functional groups attached to an aromatic ring is 1. The number of nitrogens with one attached hydrogen (secondary N) is 1. The van der Waals surface area contributed by atoms with Crippen molar-refractivity contribution in [3.63, 3.8) is 0 Å². The summed E-state index contributed by atoms with van der Waals surface area (Å²) in [5.41, 5.74) is 4.71. The fourth-order valence-electron chi connectivity index (χ4n) is 2.68. The molecule has 1 saturated carbocycles. The van der Waals surface area contributed by atoms with Crippen LogP contribution in [-0.2, 0) is 10.0 Å². The Hall–Kier alpha value is -1.11. The minimum Gasteiger partial charge on any atom is -0.324 e. The van der Waals surface area contributed by atoms with Gasteiger partial charge in [0.25, 0.3) is 0 Å². The van der Waals surface area contributed by atoms with Crippen LogP contribution in [0.25, 0.3) is 0 Å². The van der Waals surface area contributed by atoms with Crippen molar-refractivity contribution in [2.24, 2.45) is 17.7 Å². The van der Waals surface area contributed by atoms with E-state index in [1.165, 1.54) is 4.31 Å². The highest BCUT2D eigenvalue weighted by Crippen LogP contribution is 2.39. The first-order valence-electron chi connectivity index (χ1n) is 6.81. The van der Waals surface area contributed by atoms with Crippen molar-refractivity contribution in [1.29, 1.82) is 0 Å². The van der Waals surface area contributed by atoms with Gasteiger partial charge in [0.1, 0.15) is 0 Å². The highest BCUT2D eigenvalue weighted by atomic mass is 32.2. The van der Waals surface area contributed by atoms with Crippen molar-refractivity contribution in [3.8, 4) is 0 Å². The lowest BCUT2D eigenvalue weighted by Crippen LogP contribution is -2.30. The molecule has 3 N–H and O–H groups in total. The van der Waals surface area contributed by atoms with Crippen molar-refractivity contribution in [1.82, 2.24) is 4.31 Å². The molecule has 0 bridgehead atoms. The molecular formula is C14H23N3O2S. The molecule has 0 saturated heterocycles. The highest BCUT2D eigenvalue weighted by Gasteiger charge is 2.36. The molecule has 0 amide bonds. The maximum Gasteiger partial charge on any atom is 0.243 e. The number of anilines is 1. The summed E-state index contributed by atoms with van der Waals surface area (Å²) in [7, 11) is -1.78. The van der Waals surface area contributed by atoms with E-state index in [1.807, 2.05) is 0 Å². The number of hydrogen-bond acceptors (Lipinski definition) is 4. The quantitative estimate of drug-likeness (QED) is 0.642. The molecule has 2 rings (SSSR count). The van der Waals surface area contributed by atoms with Crippen LogP contribution in [0, 0.1) is 25.7 Å². The molecule has 1 aromatic rings. The van der Waals surface area contributed by atoms with E-state index in [-0.39, 0.29) is 0 Å². The molecular weight excluding hydrogens is 274 g/mol. The Morgan fingerprint density at radius 3 is 2.25 bits per heavy atom. The van der Waals surface area contributed by atoms with Crippen LogP contribution in [0.1, 0.15) is 24.5 Å². The minimum absolute atomic E-state index is 0.396. The van der Waals surface area contributed by atoms with Gasteiger partial charge in [-0.25, -0.2) is 12.7 Å². The number of sulfonamides is 1. The summed E-state index contributed by atoms with van der Waals surface area (Å²) in [6.07, 6.45) is 1.12. The van der Waals surface area contributed by atoms with E-state index in [4.69, 9.17) is 5.84 Å². The van der Waals surface area contributed by atoms with E-state index < -0.39 is 10.0 Å². The number of nitrogens with two attached hydrogens (primary N) is 1. The third-order valence-corrected chi connectivity index (χ3v) is 6.19. The first-order valence-corrected chi connectivity index (χ1v) is 8.25. The maximum absolute atomic E-state index is 12.7. The zero-order valence-corrected chi connectivity index (χ0v) is 13.3. The second-order valence-electron chi connectivity index (χ2n) is 5.84. The molecule has 0 spiro atoms. The SMILES string of the molecule is Cc1cc(NN)cc(C)c1S(=O)(=O)N(C)CC1CC1C. The normalized spacial score (nSPS) is 22.1. The minimum atomic E-state index is -3.44. The van der Waals surface area contributed by atoms with Gasteiger partial charge in [-0.3, -0.25) is 5.84 Å². The van der Waals surface area contributed by atoms with E-state index in [0.717, 1.165) is 12.1 Å². The Bertz CT molecular complexity index is 590. The van der Waals surface area contributed by atoms with Crippen LogP contribution in [0.4, 0.5) is 5.69 Å². The van der Waals surface area contributed by atoms with Crippen LogP contribution in [-0.4, -0.2) is 26.3 Å². The number of nitrogens with zero attached hydrogens (tertiary/aromatic N) is 1. The van der Waals surface area contributed by atoms with E-state index in [2.05, 4.69) is 12.3 Å². The maximum atomic E-state index is 12.7. The van der Waals surface area contributed by atoms with Gasteiger partial charge in [-0.1, -0.05) is 6.92 Å². The van der Waals surface area contributed by atoms with E-state index in [9.17, 15) is 8.42 Å². The lowest BCUT2D eigenvalue weighted by molar-refractivity contribution is 0.444. The summed E-state index contributed by atoms with van der Waals surface area (Å²) in [6, 6.07) is 3.51. The molecule has 1 aromatic carbocycles. The van der Waals surface area contributed by atoms with Gasteiger partial charge in [-0.2, -0.15) is 0 Å². The summed E-state index contributed by atoms with van der Waals surface area (Å²) in [4.78, 5) is 0.396. The van der Waals surface area contributed by atoms with Gasteiger partial charge in [0.05, 0.1) is 4.90 Å². The molecule has 0 aliphatic heterocycles. The second-order valence-corrected chi connectivity index (χ2v) is 7.82. The van der Waals surface area contributed by atoms with Crippen LogP contribution < -0.4 is 11.3 Å². The number of rotatable bonds is 5. The van der Waals surface area contributed by atoms with Crippen molar-refractivity contribution < 1.29 is 8.42 Å². The van der Waals surface area contributed by atoms with E-state index in [0.29, 0.717) is 34.4 Å². The third-order valence-electron chi connectivity index (χ3n) is 4.06. The zero-order valence-electron chi connectivity index (χ0n) is 12.5. The molecule has 6 heteroatoms. The van der Waals surface area contributed by atoms with Gasteiger partial charge < -0.3 is 5.43 Å². The topological polar surface area (TPSA) is 75.4 Å². The molecule has 1 aliphatic rings. The molecule has 0 aromatic heterocycles. The van der Waals surface area contributed by atoms with Gasteiger partial charge in [-0.15, -0.1) is 0 Å². The number of hydrogen-bond donors (Lipinski definition) is 2.